The van der Waals surface area contributed by atoms with Gasteiger partial charge >= 0.3 is 7.12 Å². The van der Waals surface area contributed by atoms with Crippen molar-refractivity contribution in [2.45, 2.75) is 38.9 Å². The highest BCUT2D eigenvalue weighted by Gasteiger charge is 2.53. The number of para-hydroxylation sites is 1. The van der Waals surface area contributed by atoms with E-state index >= 15 is 0 Å². The standard InChI is InChI=1S/C18H20BN3O3/c1-17(2)18(3,4)25-19(24-17)15-13-10-7-5-6-8-12(10)22-14(13)11(9-21-15)16(20)23/h5-9,22H,1-4H3,(H2,20,23). The number of aromatic nitrogens is 2. The molecule has 3 aromatic rings. The highest BCUT2D eigenvalue weighted by atomic mass is 16.7. The molecule has 1 aliphatic heterocycles. The van der Waals surface area contributed by atoms with Crippen LogP contribution in [-0.2, 0) is 9.31 Å². The molecule has 1 fully saturated rings. The molecule has 1 aromatic carbocycles. The first kappa shape index (κ1) is 16.1. The van der Waals surface area contributed by atoms with Crippen LogP contribution in [-0.4, -0.2) is 34.2 Å². The van der Waals surface area contributed by atoms with Crippen molar-refractivity contribution in [2.75, 3.05) is 0 Å². The van der Waals surface area contributed by atoms with Crippen LogP contribution in [0.15, 0.2) is 30.5 Å². The molecule has 0 saturated carbocycles. The third-order valence-electron chi connectivity index (χ3n) is 5.31. The predicted molar refractivity (Wildman–Crippen MR) is 97.8 cm³/mol. The lowest BCUT2D eigenvalue weighted by atomic mass is 9.81. The molecule has 0 aliphatic carbocycles. The number of amides is 1. The Bertz CT molecular complexity index is 993. The van der Waals surface area contributed by atoms with E-state index in [0.29, 0.717) is 16.7 Å². The smallest absolute Gasteiger partial charge is 0.398 e. The molecule has 25 heavy (non-hydrogen) atoms. The Balaban J connectivity index is 2.00. The van der Waals surface area contributed by atoms with E-state index in [-0.39, 0.29) is 0 Å². The van der Waals surface area contributed by atoms with Gasteiger partial charge in [0.05, 0.1) is 27.9 Å². The van der Waals surface area contributed by atoms with Gasteiger partial charge in [0.2, 0.25) is 0 Å². The molecule has 128 valence electrons. The fraction of sp³-hybridized carbons (Fsp3) is 0.333. The fourth-order valence-electron chi connectivity index (χ4n) is 3.19. The number of hydrogen-bond acceptors (Lipinski definition) is 4. The number of carbonyl (C=O) groups is 1. The molecule has 0 spiro atoms. The average Bonchev–Trinajstić information content (AvgIpc) is 3.01. The number of fused-ring (bicyclic) bond motifs is 3. The first-order chi connectivity index (χ1) is 11.7. The summed E-state index contributed by atoms with van der Waals surface area (Å²) in [6, 6.07) is 7.81. The second-order valence-electron chi connectivity index (χ2n) is 7.43. The topological polar surface area (TPSA) is 90.2 Å². The minimum absolute atomic E-state index is 0.353. The molecular weight excluding hydrogens is 317 g/mol. The summed E-state index contributed by atoms with van der Waals surface area (Å²) < 4.78 is 12.3. The molecule has 0 atom stereocenters. The molecule has 0 unspecified atom stereocenters. The van der Waals surface area contributed by atoms with Gasteiger partial charge in [0, 0.05) is 22.5 Å². The first-order valence-electron chi connectivity index (χ1n) is 8.26. The van der Waals surface area contributed by atoms with Crippen molar-refractivity contribution in [2.24, 2.45) is 5.73 Å². The van der Waals surface area contributed by atoms with Gasteiger partial charge in [-0.05, 0) is 33.8 Å². The fourth-order valence-corrected chi connectivity index (χ4v) is 3.19. The average molecular weight is 337 g/mol. The highest BCUT2D eigenvalue weighted by molar-refractivity contribution is 6.65. The van der Waals surface area contributed by atoms with Crippen molar-refractivity contribution in [1.29, 1.82) is 0 Å². The molecule has 3 heterocycles. The zero-order valence-electron chi connectivity index (χ0n) is 14.7. The Hall–Kier alpha value is -2.38. The van der Waals surface area contributed by atoms with E-state index < -0.39 is 24.2 Å². The quantitative estimate of drug-likeness (QED) is 0.701. The summed E-state index contributed by atoms with van der Waals surface area (Å²) >= 11 is 0. The summed E-state index contributed by atoms with van der Waals surface area (Å²) in [5.74, 6) is -0.524. The molecule has 4 rings (SSSR count). The molecule has 1 aliphatic rings. The summed E-state index contributed by atoms with van der Waals surface area (Å²) in [5, 5.41) is 1.77. The summed E-state index contributed by atoms with van der Waals surface area (Å²) in [4.78, 5) is 19.6. The van der Waals surface area contributed by atoms with Crippen LogP contribution in [0, 0.1) is 0 Å². The van der Waals surface area contributed by atoms with Crippen LogP contribution in [0.25, 0.3) is 21.8 Å². The number of primary amides is 1. The number of nitrogens with one attached hydrogen (secondary N) is 1. The normalized spacial score (nSPS) is 19.0. The van der Waals surface area contributed by atoms with E-state index in [2.05, 4.69) is 9.97 Å². The molecule has 7 heteroatoms. The van der Waals surface area contributed by atoms with Crippen LogP contribution in [0.3, 0.4) is 0 Å². The maximum Gasteiger partial charge on any atom is 0.515 e. The number of hydrogen-bond donors (Lipinski definition) is 2. The molecule has 0 bridgehead atoms. The van der Waals surface area contributed by atoms with Gasteiger partial charge in [-0.2, -0.15) is 0 Å². The summed E-state index contributed by atoms with van der Waals surface area (Å²) in [5.41, 5.74) is 7.16. The Morgan fingerprint density at radius 2 is 1.80 bits per heavy atom. The number of pyridine rings is 1. The third-order valence-corrected chi connectivity index (χ3v) is 5.31. The summed E-state index contributed by atoms with van der Waals surface area (Å²) in [7, 11) is -0.617. The second kappa shape index (κ2) is 5.06. The zero-order valence-corrected chi connectivity index (χ0v) is 14.7. The van der Waals surface area contributed by atoms with Crippen LogP contribution in [0.5, 0.6) is 0 Å². The number of H-pyrrole nitrogens is 1. The third kappa shape index (κ3) is 2.27. The molecular formula is C18H20BN3O3. The number of nitrogens with zero attached hydrogens (tertiary/aromatic N) is 1. The highest BCUT2D eigenvalue weighted by Crippen LogP contribution is 2.37. The number of nitrogens with two attached hydrogens (primary N) is 1. The number of aromatic amines is 1. The van der Waals surface area contributed by atoms with Crippen LogP contribution in [0.2, 0.25) is 0 Å². The molecule has 1 saturated heterocycles. The molecule has 6 nitrogen and oxygen atoms in total. The zero-order chi connectivity index (χ0) is 18.0. The summed E-state index contributed by atoms with van der Waals surface area (Å²) in [6.07, 6.45) is 1.49. The molecule has 0 radical (unpaired) electrons. The van der Waals surface area contributed by atoms with Gasteiger partial charge in [0.1, 0.15) is 0 Å². The van der Waals surface area contributed by atoms with Crippen molar-refractivity contribution in [1.82, 2.24) is 9.97 Å². The number of benzene rings is 1. The van der Waals surface area contributed by atoms with Crippen LogP contribution < -0.4 is 11.3 Å². The van der Waals surface area contributed by atoms with Crippen molar-refractivity contribution >= 4 is 40.4 Å². The number of rotatable bonds is 2. The Morgan fingerprint density at radius 1 is 1.16 bits per heavy atom. The van der Waals surface area contributed by atoms with Crippen molar-refractivity contribution < 1.29 is 14.1 Å². The number of carbonyl (C=O) groups excluding carboxylic acids is 1. The maximum atomic E-state index is 11.8. The minimum atomic E-state index is -0.617. The van der Waals surface area contributed by atoms with Crippen LogP contribution in [0.1, 0.15) is 38.1 Å². The monoisotopic (exact) mass is 337 g/mol. The minimum Gasteiger partial charge on any atom is -0.398 e. The van der Waals surface area contributed by atoms with E-state index in [0.717, 1.165) is 16.3 Å². The van der Waals surface area contributed by atoms with Gasteiger partial charge in [0.15, 0.2) is 0 Å². The first-order valence-corrected chi connectivity index (χ1v) is 8.26. The van der Waals surface area contributed by atoms with Crippen molar-refractivity contribution in [3.05, 3.63) is 36.0 Å². The van der Waals surface area contributed by atoms with E-state index in [1.807, 2.05) is 52.0 Å². The SMILES string of the molecule is CC1(C)OB(c2ncc(C(N)=O)c3[nH]c4ccccc4c23)OC1(C)C. The molecule has 1 amide bonds. The van der Waals surface area contributed by atoms with Crippen LogP contribution >= 0.6 is 0 Å². The lowest BCUT2D eigenvalue weighted by molar-refractivity contribution is 0.00578. The van der Waals surface area contributed by atoms with Gasteiger partial charge in [-0.25, -0.2) is 0 Å². The maximum absolute atomic E-state index is 11.8. The van der Waals surface area contributed by atoms with Crippen molar-refractivity contribution in [3.63, 3.8) is 0 Å². The van der Waals surface area contributed by atoms with Gasteiger partial charge in [-0.1, -0.05) is 18.2 Å². The molecule has 3 N–H and O–H groups in total. The predicted octanol–water partition coefficient (Wildman–Crippen LogP) is 2.11. The van der Waals surface area contributed by atoms with Crippen LogP contribution in [0.4, 0.5) is 0 Å². The van der Waals surface area contributed by atoms with E-state index in [4.69, 9.17) is 15.0 Å². The Morgan fingerprint density at radius 3 is 2.44 bits per heavy atom. The Labute approximate surface area is 145 Å². The van der Waals surface area contributed by atoms with Gasteiger partial charge in [-0.15, -0.1) is 0 Å². The Kier molecular flexibility index (Phi) is 3.26. The largest absolute Gasteiger partial charge is 0.515 e. The lowest BCUT2D eigenvalue weighted by Crippen LogP contribution is -2.41. The van der Waals surface area contributed by atoms with E-state index in [1.165, 1.54) is 6.20 Å². The van der Waals surface area contributed by atoms with Gasteiger partial charge < -0.3 is 20.0 Å². The van der Waals surface area contributed by atoms with E-state index in [1.54, 1.807) is 0 Å². The van der Waals surface area contributed by atoms with Gasteiger partial charge in [-0.3, -0.25) is 9.78 Å². The lowest BCUT2D eigenvalue weighted by Gasteiger charge is -2.32. The second-order valence-corrected chi connectivity index (χ2v) is 7.43. The summed E-state index contributed by atoms with van der Waals surface area (Å²) in [6.45, 7) is 7.99. The van der Waals surface area contributed by atoms with Gasteiger partial charge in [0.25, 0.3) is 5.91 Å². The molecule has 2 aromatic heterocycles. The van der Waals surface area contributed by atoms with E-state index in [9.17, 15) is 4.79 Å². The van der Waals surface area contributed by atoms with Crippen molar-refractivity contribution in [3.8, 4) is 0 Å².